The highest BCUT2D eigenvalue weighted by Crippen LogP contribution is 2.09. The Bertz CT molecular complexity index is 755. The number of ketones is 1. The minimum absolute atomic E-state index is 0.115. The van der Waals surface area contributed by atoms with Gasteiger partial charge in [-0.25, -0.2) is 4.79 Å². The van der Waals surface area contributed by atoms with Crippen molar-refractivity contribution in [1.82, 2.24) is 5.32 Å². The monoisotopic (exact) mass is 389 g/mol. The highest BCUT2D eigenvalue weighted by Gasteiger charge is 2.24. The van der Waals surface area contributed by atoms with Gasteiger partial charge in [-0.1, -0.05) is 31.2 Å². The molecule has 1 amide bonds. The molecule has 0 bridgehead atoms. The SMILES string of the molecule is CCc1ccc(C(=O)COC(=O)[C@H](CCSC)NC(=O)c2ccco2)cc1. The maximum Gasteiger partial charge on any atom is 0.329 e. The lowest BCUT2D eigenvalue weighted by molar-refractivity contribution is -0.144. The van der Waals surface area contributed by atoms with Crippen LogP contribution in [0, 0.1) is 0 Å². The quantitative estimate of drug-likeness (QED) is 0.496. The molecule has 6 nitrogen and oxygen atoms in total. The van der Waals surface area contributed by atoms with Gasteiger partial charge in [0.25, 0.3) is 5.91 Å². The van der Waals surface area contributed by atoms with Crippen molar-refractivity contribution in [2.24, 2.45) is 0 Å². The van der Waals surface area contributed by atoms with Crippen molar-refractivity contribution in [3.8, 4) is 0 Å². The standard InChI is InChI=1S/C20H23NO5S/c1-3-14-6-8-15(9-7-14)17(22)13-26-20(24)16(10-12-27-2)21-19(23)18-5-4-11-25-18/h4-9,11,16H,3,10,12-13H2,1-2H3,(H,21,23)/t16-/m0/s1. The van der Waals surface area contributed by atoms with Gasteiger partial charge in [0.15, 0.2) is 18.2 Å². The molecule has 0 radical (unpaired) electrons. The van der Waals surface area contributed by atoms with Crippen LogP contribution in [0.3, 0.4) is 0 Å². The molecule has 0 aliphatic rings. The molecule has 0 saturated heterocycles. The molecule has 1 N–H and O–H groups in total. The predicted octanol–water partition coefficient (Wildman–Crippen LogP) is 3.12. The summed E-state index contributed by atoms with van der Waals surface area (Å²) < 4.78 is 10.2. The van der Waals surface area contributed by atoms with Crippen LogP contribution in [0.15, 0.2) is 47.1 Å². The van der Waals surface area contributed by atoms with E-state index in [1.165, 1.54) is 12.3 Å². The summed E-state index contributed by atoms with van der Waals surface area (Å²) in [7, 11) is 0. The Balaban J connectivity index is 1.93. The Morgan fingerprint density at radius 1 is 1.19 bits per heavy atom. The van der Waals surface area contributed by atoms with E-state index in [0.717, 1.165) is 12.0 Å². The van der Waals surface area contributed by atoms with Crippen molar-refractivity contribution >= 4 is 29.4 Å². The summed E-state index contributed by atoms with van der Waals surface area (Å²) in [6.45, 7) is 1.67. The predicted molar refractivity (Wildman–Crippen MR) is 104 cm³/mol. The third-order valence-corrected chi connectivity index (χ3v) is 4.62. The molecule has 0 aliphatic carbocycles. The van der Waals surface area contributed by atoms with Crippen molar-refractivity contribution in [2.45, 2.75) is 25.8 Å². The van der Waals surface area contributed by atoms with Gasteiger partial charge in [0.05, 0.1) is 6.26 Å². The second-order valence-corrected chi connectivity index (χ2v) is 6.85. The van der Waals surface area contributed by atoms with Gasteiger partial charge < -0.3 is 14.5 Å². The molecular formula is C20H23NO5S. The summed E-state index contributed by atoms with van der Waals surface area (Å²) in [5, 5.41) is 2.60. The van der Waals surface area contributed by atoms with Crippen LogP contribution in [0.4, 0.5) is 0 Å². The van der Waals surface area contributed by atoms with Gasteiger partial charge in [-0.15, -0.1) is 0 Å². The van der Waals surface area contributed by atoms with Gasteiger partial charge in [-0.2, -0.15) is 11.8 Å². The first-order valence-corrected chi connectivity index (χ1v) is 10.1. The molecule has 0 fully saturated rings. The van der Waals surface area contributed by atoms with Crippen molar-refractivity contribution < 1.29 is 23.5 Å². The average Bonchev–Trinajstić information content (AvgIpc) is 3.24. The van der Waals surface area contributed by atoms with Gasteiger partial charge in [-0.05, 0) is 42.5 Å². The lowest BCUT2D eigenvalue weighted by atomic mass is 10.1. The van der Waals surface area contributed by atoms with Crippen molar-refractivity contribution in [3.05, 3.63) is 59.5 Å². The highest BCUT2D eigenvalue weighted by molar-refractivity contribution is 7.98. The second-order valence-electron chi connectivity index (χ2n) is 5.87. The average molecular weight is 389 g/mol. The van der Waals surface area contributed by atoms with Crippen molar-refractivity contribution in [2.75, 3.05) is 18.6 Å². The fourth-order valence-corrected chi connectivity index (χ4v) is 2.84. The Labute approximate surface area is 162 Å². The summed E-state index contributed by atoms with van der Waals surface area (Å²) in [6, 6.07) is 9.45. The molecule has 0 saturated carbocycles. The summed E-state index contributed by atoms with van der Waals surface area (Å²) in [6.07, 6.45) is 4.56. The Morgan fingerprint density at radius 2 is 1.93 bits per heavy atom. The smallest absolute Gasteiger partial charge is 0.329 e. The Kier molecular flexibility index (Phi) is 8.13. The van der Waals surface area contributed by atoms with Crippen LogP contribution in [-0.4, -0.2) is 42.3 Å². The van der Waals surface area contributed by atoms with Gasteiger partial charge in [0, 0.05) is 5.56 Å². The summed E-state index contributed by atoms with van der Waals surface area (Å²) in [5.74, 6) is -0.645. The van der Waals surface area contributed by atoms with E-state index in [2.05, 4.69) is 5.32 Å². The molecule has 1 aromatic heterocycles. The number of carbonyl (C=O) groups is 3. The number of nitrogens with one attached hydrogen (secondary N) is 1. The molecule has 144 valence electrons. The van der Waals surface area contributed by atoms with E-state index in [0.29, 0.717) is 17.7 Å². The number of hydrogen-bond acceptors (Lipinski definition) is 6. The van der Waals surface area contributed by atoms with Crippen LogP contribution in [0.1, 0.15) is 39.8 Å². The molecular weight excluding hydrogens is 366 g/mol. The number of rotatable bonds is 10. The maximum atomic E-state index is 12.4. The van der Waals surface area contributed by atoms with E-state index in [9.17, 15) is 14.4 Å². The topological polar surface area (TPSA) is 85.6 Å². The molecule has 1 aromatic carbocycles. The molecule has 0 aliphatic heterocycles. The van der Waals surface area contributed by atoms with E-state index in [1.807, 2.05) is 25.3 Å². The number of amides is 1. The van der Waals surface area contributed by atoms with Crippen LogP contribution in [0.5, 0.6) is 0 Å². The zero-order chi connectivity index (χ0) is 19.6. The first kappa shape index (κ1) is 20.8. The van der Waals surface area contributed by atoms with Crippen LogP contribution < -0.4 is 5.32 Å². The summed E-state index contributed by atoms with van der Waals surface area (Å²) in [4.78, 5) is 36.7. The van der Waals surface area contributed by atoms with Crippen LogP contribution in [-0.2, 0) is 16.0 Å². The van der Waals surface area contributed by atoms with Crippen LogP contribution in [0.2, 0.25) is 0 Å². The Morgan fingerprint density at radius 3 is 2.52 bits per heavy atom. The zero-order valence-electron chi connectivity index (χ0n) is 15.4. The number of carbonyl (C=O) groups excluding carboxylic acids is 3. The van der Waals surface area contributed by atoms with E-state index >= 15 is 0 Å². The number of benzene rings is 1. The van der Waals surface area contributed by atoms with Crippen LogP contribution >= 0.6 is 11.8 Å². The Hall–Kier alpha value is -2.54. The molecule has 0 unspecified atom stereocenters. The zero-order valence-corrected chi connectivity index (χ0v) is 16.2. The first-order valence-electron chi connectivity index (χ1n) is 8.67. The number of furan rings is 1. The maximum absolute atomic E-state index is 12.4. The number of hydrogen-bond donors (Lipinski definition) is 1. The number of aryl methyl sites for hydroxylation is 1. The van der Waals surface area contributed by atoms with E-state index in [-0.39, 0.29) is 18.2 Å². The molecule has 27 heavy (non-hydrogen) atoms. The third kappa shape index (κ3) is 6.29. The number of ether oxygens (including phenoxy) is 1. The van der Waals surface area contributed by atoms with Crippen LogP contribution in [0.25, 0.3) is 0 Å². The minimum Gasteiger partial charge on any atom is -0.459 e. The lowest BCUT2D eigenvalue weighted by Crippen LogP contribution is -2.42. The van der Waals surface area contributed by atoms with E-state index in [1.54, 1.807) is 30.0 Å². The van der Waals surface area contributed by atoms with Gasteiger partial charge in [0.2, 0.25) is 0 Å². The van der Waals surface area contributed by atoms with Crippen molar-refractivity contribution in [1.29, 1.82) is 0 Å². The normalized spacial score (nSPS) is 11.6. The summed E-state index contributed by atoms with van der Waals surface area (Å²) in [5.41, 5.74) is 1.61. The van der Waals surface area contributed by atoms with Gasteiger partial charge in [-0.3, -0.25) is 9.59 Å². The first-order chi connectivity index (χ1) is 13.0. The largest absolute Gasteiger partial charge is 0.459 e. The molecule has 1 atom stereocenters. The molecule has 7 heteroatoms. The fourth-order valence-electron chi connectivity index (χ4n) is 2.37. The van der Waals surface area contributed by atoms with E-state index < -0.39 is 17.9 Å². The molecule has 2 rings (SSSR count). The number of thioether (sulfide) groups is 1. The fraction of sp³-hybridized carbons (Fsp3) is 0.350. The number of Topliss-reactive ketones (excluding diaryl/α,β-unsaturated/α-hetero) is 1. The number of esters is 1. The molecule has 0 spiro atoms. The third-order valence-electron chi connectivity index (χ3n) is 3.98. The lowest BCUT2D eigenvalue weighted by Gasteiger charge is -2.16. The molecule has 1 heterocycles. The molecule has 2 aromatic rings. The van der Waals surface area contributed by atoms with E-state index in [4.69, 9.17) is 9.15 Å². The minimum atomic E-state index is -0.842. The second kappa shape index (κ2) is 10.6. The summed E-state index contributed by atoms with van der Waals surface area (Å²) >= 11 is 1.55. The van der Waals surface area contributed by atoms with Gasteiger partial charge >= 0.3 is 5.97 Å². The van der Waals surface area contributed by atoms with Crippen molar-refractivity contribution in [3.63, 3.8) is 0 Å². The highest BCUT2D eigenvalue weighted by atomic mass is 32.2. The van der Waals surface area contributed by atoms with Gasteiger partial charge in [0.1, 0.15) is 6.04 Å².